The van der Waals surface area contributed by atoms with Crippen molar-refractivity contribution >= 4 is 58.1 Å². The van der Waals surface area contributed by atoms with Crippen molar-refractivity contribution in [3.05, 3.63) is 68.4 Å². The van der Waals surface area contributed by atoms with Crippen LogP contribution in [0.5, 0.6) is 0 Å². The van der Waals surface area contributed by atoms with Gasteiger partial charge >= 0.3 is 5.97 Å². The van der Waals surface area contributed by atoms with Crippen LogP contribution in [0.2, 0.25) is 10.0 Å². The van der Waals surface area contributed by atoms with Crippen LogP contribution in [0.1, 0.15) is 17.3 Å². The lowest BCUT2D eigenvalue weighted by molar-refractivity contribution is -0.385. The Morgan fingerprint density at radius 2 is 1.91 bits per heavy atom. The molecule has 2 heterocycles. The van der Waals surface area contributed by atoms with E-state index in [2.05, 4.69) is 30.9 Å². The molecule has 0 unspecified atom stereocenters. The summed E-state index contributed by atoms with van der Waals surface area (Å²) in [6.07, 6.45) is 2.53. The van der Waals surface area contributed by atoms with Crippen molar-refractivity contribution in [2.75, 3.05) is 35.6 Å². The van der Waals surface area contributed by atoms with E-state index in [1.54, 1.807) is 25.1 Å². The minimum absolute atomic E-state index is 0.0883. The molecule has 0 bridgehead atoms. The van der Waals surface area contributed by atoms with E-state index >= 15 is 0 Å². The molecule has 0 fully saturated rings. The third kappa shape index (κ3) is 6.64. The first-order valence-corrected chi connectivity index (χ1v) is 10.5. The maximum absolute atomic E-state index is 12.3. The van der Waals surface area contributed by atoms with Gasteiger partial charge in [-0.1, -0.05) is 23.2 Å². The molecule has 0 aliphatic rings. The molecule has 0 radical (unpaired) electrons. The number of hydrogen-bond donors (Lipinski definition) is 3. The Hall–Kier alpha value is -3.70. The molecule has 0 atom stereocenters. The fraction of sp³-hybridized carbons (Fsp3) is 0.200. The second-order valence-corrected chi connectivity index (χ2v) is 7.28. The molecule has 0 saturated heterocycles. The number of nitrogens with one attached hydrogen (secondary N) is 3. The summed E-state index contributed by atoms with van der Waals surface area (Å²) in [6.45, 7) is 2.73. The van der Waals surface area contributed by atoms with Gasteiger partial charge in [0, 0.05) is 30.4 Å². The van der Waals surface area contributed by atoms with Crippen LogP contribution in [0.4, 0.5) is 29.0 Å². The third-order valence-corrected chi connectivity index (χ3v) is 4.69. The van der Waals surface area contributed by atoms with Gasteiger partial charge < -0.3 is 20.7 Å². The summed E-state index contributed by atoms with van der Waals surface area (Å²) in [5.74, 6) is 0.373. The molecule has 0 amide bonds. The first-order chi connectivity index (χ1) is 15.9. The molecule has 2 aromatic heterocycles. The predicted octanol–water partition coefficient (Wildman–Crippen LogP) is 4.53. The van der Waals surface area contributed by atoms with Crippen molar-refractivity contribution in [3.8, 4) is 0 Å². The highest BCUT2D eigenvalue weighted by Gasteiger charge is 2.17. The summed E-state index contributed by atoms with van der Waals surface area (Å²) in [5, 5.41) is 20.6. The quantitative estimate of drug-likeness (QED) is 0.160. The van der Waals surface area contributed by atoms with Gasteiger partial charge in [0.1, 0.15) is 17.6 Å². The van der Waals surface area contributed by atoms with Gasteiger partial charge in [-0.25, -0.2) is 14.8 Å². The summed E-state index contributed by atoms with van der Waals surface area (Å²) >= 11 is 12.2. The van der Waals surface area contributed by atoms with E-state index in [1.165, 1.54) is 24.5 Å². The standard InChI is InChI=1S/C20H19Cl2N7O4/c1-2-33-19(30)14-11-26-20(28-18(14)27-16-5-3-12(21)9-15(16)22)24-8-7-23-17-6-4-13(10-25-17)29(31)32/h3-6,9-11H,2,7-8H2,1H3,(H,23,25)(H2,24,26,27,28). The summed E-state index contributed by atoms with van der Waals surface area (Å²) in [6, 6.07) is 7.75. The molecule has 0 aliphatic carbocycles. The molecule has 0 saturated carbocycles. The lowest BCUT2D eigenvalue weighted by Crippen LogP contribution is -2.17. The Morgan fingerprint density at radius 3 is 2.58 bits per heavy atom. The van der Waals surface area contributed by atoms with Crippen molar-refractivity contribution in [2.24, 2.45) is 0 Å². The van der Waals surface area contributed by atoms with Crippen molar-refractivity contribution < 1.29 is 14.5 Å². The number of hydrogen-bond acceptors (Lipinski definition) is 10. The van der Waals surface area contributed by atoms with E-state index in [0.717, 1.165) is 0 Å². The smallest absolute Gasteiger partial charge is 0.343 e. The molecule has 0 spiro atoms. The van der Waals surface area contributed by atoms with Gasteiger partial charge in [0.05, 0.1) is 22.2 Å². The predicted molar refractivity (Wildman–Crippen MR) is 126 cm³/mol. The number of anilines is 4. The minimum Gasteiger partial charge on any atom is -0.462 e. The zero-order chi connectivity index (χ0) is 23.8. The maximum atomic E-state index is 12.3. The Labute approximate surface area is 198 Å². The molecular weight excluding hydrogens is 473 g/mol. The van der Waals surface area contributed by atoms with Crippen molar-refractivity contribution in [3.63, 3.8) is 0 Å². The molecule has 1 aromatic carbocycles. The molecule has 11 nitrogen and oxygen atoms in total. The van der Waals surface area contributed by atoms with Crippen molar-refractivity contribution in [1.82, 2.24) is 15.0 Å². The topological polar surface area (TPSA) is 144 Å². The van der Waals surface area contributed by atoms with Crippen LogP contribution in [0, 0.1) is 10.1 Å². The molecule has 0 aliphatic heterocycles. The van der Waals surface area contributed by atoms with E-state index in [1.807, 2.05) is 0 Å². The second-order valence-electron chi connectivity index (χ2n) is 6.44. The monoisotopic (exact) mass is 491 g/mol. The third-order valence-electron chi connectivity index (χ3n) is 4.14. The number of carbonyl (C=O) groups excluding carboxylic acids is 1. The molecule has 3 aromatic rings. The van der Waals surface area contributed by atoms with Gasteiger partial charge in [-0.15, -0.1) is 0 Å². The number of nitro groups is 1. The number of rotatable bonds is 10. The van der Waals surface area contributed by atoms with Crippen molar-refractivity contribution in [2.45, 2.75) is 6.92 Å². The Kier molecular flexibility index (Phi) is 8.17. The van der Waals surface area contributed by atoms with Gasteiger partial charge in [0.15, 0.2) is 5.82 Å². The fourth-order valence-electron chi connectivity index (χ4n) is 2.60. The molecule has 3 N–H and O–H groups in total. The van der Waals surface area contributed by atoms with Crippen LogP contribution < -0.4 is 16.0 Å². The summed E-state index contributed by atoms with van der Waals surface area (Å²) in [7, 11) is 0. The SMILES string of the molecule is CCOC(=O)c1cnc(NCCNc2ccc([N+](=O)[O-])cn2)nc1Nc1ccc(Cl)cc1Cl. The highest BCUT2D eigenvalue weighted by Crippen LogP contribution is 2.29. The first-order valence-electron chi connectivity index (χ1n) is 9.71. The van der Waals surface area contributed by atoms with Gasteiger partial charge in [0.2, 0.25) is 5.95 Å². The fourth-order valence-corrected chi connectivity index (χ4v) is 3.06. The molecule has 13 heteroatoms. The summed E-state index contributed by atoms with van der Waals surface area (Å²) < 4.78 is 5.07. The molecule has 172 valence electrons. The normalized spacial score (nSPS) is 10.4. The van der Waals surface area contributed by atoms with Crippen LogP contribution in [-0.2, 0) is 4.74 Å². The van der Waals surface area contributed by atoms with Crippen LogP contribution in [0.15, 0.2) is 42.7 Å². The largest absolute Gasteiger partial charge is 0.462 e. The van der Waals surface area contributed by atoms with E-state index in [9.17, 15) is 14.9 Å². The van der Waals surface area contributed by atoms with E-state index in [0.29, 0.717) is 34.6 Å². The lowest BCUT2D eigenvalue weighted by Gasteiger charge is -2.13. The average Bonchev–Trinajstić information content (AvgIpc) is 2.79. The molecule has 33 heavy (non-hydrogen) atoms. The number of carbonyl (C=O) groups is 1. The second kappa shape index (κ2) is 11.2. The molecular formula is C20H19Cl2N7O4. The number of nitrogens with zero attached hydrogens (tertiary/aromatic N) is 4. The van der Waals surface area contributed by atoms with Gasteiger partial charge in [-0.3, -0.25) is 10.1 Å². The number of esters is 1. The summed E-state index contributed by atoms with van der Waals surface area (Å²) in [4.78, 5) is 35.0. The highest BCUT2D eigenvalue weighted by atomic mass is 35.5. The van der Waals surface area contributed by atoms with Crippen LogP contribution >= 0.6 is 23.2 Å². The van der Waals surface area contributed by atoms with Gasteiger partial charge in [-0.2, -0.15) is 4.98 Å². The zero-order valence-electron chi connectivity index (χ0n) is 17.3. The maximum Gasteiger partial charge on any atom is 0.343 e. The Bertz CT molecular complexity index is 1150. The van der Waals surface area contributed by atoms with Crippen molar-refractivity contribution in [1.29, 1.82) is 0 Å². The summed E-state index contributed by atoms with van der Waals surface area (Å²) in [5.41, 5.74) is 0.554. The van der Waals surface area contributed by atoms with Gasteiger partial charge in [0.25, 0.3) is 5.69 Å². The van der Waals surface area contributed by atoms with Crippen LogP contribution in [-0.4, -0.2) is 45.5 Å². The first kappa shape index (κ1) is 24.0. The van der Waals surface area contributed by atoms with Gasteiger partial charge in [-0.05, 0) is 31.2 Å². The number of aromatic nitrogens is 3. The zero-order valence-corrected chi connectivity index (χ0v) is 18.9. The Morgan fingerprint density at radius 1 is 1.12 bits per heavy atom. The number of ether oxygens (including phenoxy) is 1. The number of benzene rings is 1. The average molecular weight is 492 g/mol. The minimum atomic E-state index is -0.581. The lowest BCUT2D eigenvalue weighted by atomic mass is 10.2. The Balaban J connectivity index is 1.68. The van der Waals surface area contributed by atoms with Crippen LogP contribution in [0.25, 0.3) is 0 Å². The van der Waals surface area contributed by atoms with E-state index in [-0.39, 0.29) is 29.6 Å². The molecule has 3 rings (SSSR count). The highest BCUT2D eigenvalue weighted by molar-refractivity contribution is 6.36. The van der Waals surface area contributed by atoms with Crippen LogP contribution in [0.3, 0.4) is 0 Å². The van der Waals surface area contributed by atoms with E-state index < -0.39 is 10.9 Å². The van der Waals surface area contributed by atoms with E-state index in [4.69, 9.17) is 27.9 Å². The number of halogens is 2. The number of pyridine rings is 1.